The number of hydrogen-bond acceptors (Lipinski definition) is 4. The van der Waals surface area contributed by atoms with Crippen LogP contribution in [0, 0.1) is 0 Å². The van der Waals surface area contributed by atoms with Crippen LogP contribution in [0.15, 0.2) is 51.1 Å². The number of alkyl halides is 3. The molecular weight excluding hydrogens is 367 g/mol. The van der Waals surface area contributed by atoms with Crippen LogP contribution in [-0.2, 0) is 12.7 Å². The maximum atomic E-state index is 12.9. The van der Waals surface area contributed by atoms with Gasteiger partial charge in [-0.1, -0.05) is 6.92 Å². The van der Waals surface area contributed by atoms with Crippen molar-refractivity contribution in [2.24, 2.45) is 0 Å². The third-order valence-corrected chi connectivity index (χ3v) is 4.79. The lowest BCUT2D eigenvalue weighted by atomic mass is 10.1. The van der Waals surface area contributed by atoms with Crippen molar-refractivity contribution >= 4 is 22.7 Å². The second-order valence-corrected chi connectivity index (χ2v) is 6.80. The van der Waals surface area contributed by atoms with E-state index in [9.17, 15) is 22.8 Å². The number of aromatic nitrogens is 3. The summed E-state index contributed by atoms with van der Waals surface area (Å²) in [6.07, 6.45) is -1.43. The summed E-state index contributed by atoms with van der Waals surface area (Å²) in [6, 6.07) is 4.45. The maximum absolute atomic E-state index is 12.9. The number of rotatable bonds is 4. The lowest BCUT2D eigenvalue weighted by Crippen LogP contribution is -2.35. The van der Waals surface area contributed by atoms with Gasteiger partial charge in [-0.3, -0.25) is 14.3 Å². The molecule has 0 radical (unpaired) electrons. The van der Waals surface area contributed by atoms with Crippen LogP contribution in [0.5, 0.6) is 0 Å². The monoisotopic (exact) mass is 381 g/mol. The van der Waals surface area contributed by atoms with Crippen molar-refractivity contribution in [3.63, 3.8) is 0 Å². The number of H-pyrrole nitrogens is 1. The highest BCUT2D eigenvalue weighted by Gasteiger charge is 2.31. The summed E-state index contributed by atoms with van der Waals surface area (Å²) in [5.74, 6) is 0.787. The number of thioether (sulfide) groups is 1. The van der Waals surface area contributed by atoms with Crippen molar-refractivity contribution in [3.8, 4) is 0 Å². The number of fused-ring (bicyclic) bond motifs is 1. The third kappa shape index (κ3) is 3.52. The van der Waals surface area contributed by atoms with Crippen LogP contribution in [0.4, 0.5) is 13.2 Å². The Kier molecular flexibility index (Phi) is 4.90. The largest absolute Gasteiger partial charge is 0.416 e. The van der Waals surface area contributed by atoms with Gasteiger partial charge in [-0.2, -0.15) is 13.2 Å². The zero-order chi connectivity index (χ0) is 18.9. The molecule has 0 bridgehead atoms. The van der Waals surface area contributed by atoms with Crippen LogP contribution >= 0.6 is 11.8 Å². The van der Waals surface area contributed by atoms with Gasteiger partial charge in [-0.05, 0) is 30.0 Å². The van der Waals surface area contributed by atoms with Gasteiger partial charge >= 0.3 is 11.9 Å². The van der Waals surface area contributed by atoms with Crippen LogP contribution in [0.1, 0.15) is 18.1 Å². The van der Waals surface area contributed by atoms with Gasteiger partial charge in [0.25, 0.3) is 5.56 Å². The second kappa shape index (κ2) is 6.99. The van der Waals surface area contributed by atoms with Gasteiger partial charge in [0.1, 0.15) is 0 Å². The Bertz CT molecular complexity index is 1070. The molecule has 0 amide bonds. The molecule has 0 unspecified atom stereocenters. The standard InChI is InChI=1S/C17H14F3N3O2S/c1-2-26-14-5-6-21-8-10(14)9-23-15(24)12-7-11(17(18,19)20)3-4-13(12)22-16(23)25/h3-8H,2,9H2,1H3,(H,22,25). The van der Waals surface area contributed by atoms with E-state index >= 15 is 0 Å². The normalized spacial score (nSPS) is 11.8. The summed E-state index contributed by atoms with van der Waals surface area (Å²) in [6.45, 7) is 1.89. The first-order valence-electron chi connectivity index (χ1n) is 7.71. The fraction of sp³-hybridized carbons (Fsp3) is 0.235. The Labute approximate surface area is 149 Å². The molecule has 0 fully saturated rings. The SMILES string of the molecule is CCSc1ccncc1Cn1c(=O)[nH]c2ccc(C(F)(F)F)cc2c1=O. The van der Waals surface area contributed by atoms with Crippen LogP contribution in [-0.4, -0.2) is 20.3 Å². The molecule has 0 spiro atoms. The number of benzene rings is 1. The minimum Gasteiger partial charge on any atom is -0.307 e. The summed E-state index contributed by atoms with van der Waals surface area (Å²) in [4.78, 5) is 32.2. The maximum Gasteiger partial charge on any atom is 0.416 e. The molecule has 0 saturated heterocycles. The molecule has 0 saturated carbocycles. The molecular formula is C17H14F3N3O2S. The van der Waals surface area contributed by atoms with Crippen LogP contribution in [0.3, 0.4) is 0 Å². The molecule has 26 heavy (non-hydrogen) atoms. The van der Waals surface area contributed by atoms with E-state index in [2.05, 4.69) is 9.97 Å². The minimum absolute atomic E-state index is 0.0681. The van der Waals surface area contributed by atoms with Gasteiger partial charge in [0.15, 0.2) is 0 Å². The molecule has 0 aliphatic carbocycles. The van der Waals surface area contributed by atoms with Gasteiger partial charge in [-0.25, -0.2) is 4.79 Å². The first kappa shape index (κ1) is 18.2. The van der Waals surface area contributed by atoms with E-state index in [-0.39, 0.29) is 17.4 Å². The topological polar surface area (TPSA) is 67.8 Å². The number of nitrogens with zero attached hydrogens (tertiary/aromatic N) is 2. The molecule has 3 rings (SSSR count). The molecule has 0 aliphatic rings. The van der Waals surface area contributed by atoms with Crippen LogP contribution in [0.25, 0.3) is 10.9 Å². The van der Waals surface area contributed by atoms with Gasteiger partial charge in [-0.15, -0.1) is 11.8 Å². The Morgan fingerprint density at radius 3 is 2.69 bits per heavy atom. The Morgan fingerprint density at radius 1 is 1.23 bits per heavy atom. The molecule has 0 aliphatic heterocycles. The molecule has 3 aromatic rings. The molecule has 2 heterocycles. The van der Waals surface area contributed by atoms with Gasteiger partial charge < -0.3 is 4.98 Å². The molecule has 2 aromatic heterocycles. The highest BCUT2D eigenvalue weighted by Crippen LogP contribution is 2.30. The average Bonchev–Trinajstić information content (AvgIpc) is 2.59. The molecule has 5 nitrogen and oxygen atoms in total. The Morgan fingerprint density at radius 2 is 2.00 bits per heavy atom. The molecule has 1 N–H and O–H groups in total. The number of pyridine rings is 1. The summed E-state index contributed by atoms with van der Waals surface area (Å²) in [5.41, 5.74) is -1.68. The quantitative estimate of drug-likeness (QED) is 0.705. The first-order chi connectivity index (χ1) is 12.3. The Hall–Kier alpha value is -2.55. The molecule has 136 valence electrons. The number of aromatic amines is 1. The van der Waals surface area contributed by atoms with Gasteiger partial charge in [0.2, 0.25) is 0 Å². The van der Waals surface area contributed by atoms with E-state index in [0.717, 1.165) is 33.4 Å². The van der Waals surface area contributed by atoms with Crippen molar-refractivity contribution in [1.29, 1.82) is 0 Å². The second-order valence-electron chi connectivity index (χ2n) is 5.50. The zero-order valence-electron chi connectivity index (χ0n) is 13.6. The number of hydrogen-bond donors (Lipinski definition) is 1. The van der Waals surface area contributed by atoms with Crippen LogP contribution in [0.2, 0.25) is 0 Å². The molecule has 9 heteroatoms. The van der Waals surface area contributed by atoms with Crippen molar-refractivity contribution in [2.45, 2.75) is 24.5 Å². The zero-order valence-corrected chi connectivity index (χ0v) is 14.4. The van der Waals surface area contributed by atoms with Gasteiger partial charge in [0.05, 0.1) is 23.0 Å². The fourth-order valence-electron chi connectivity index (χ4n) is 2.57. The lowest BCUT2D eigenvalue weighted by Gasteiger charge is -2.11. The third-order valence-electron chi connectivity index (χ3n) is 3.80. The Balaban J connectivity index is 2.15. The summed E-state index contributed by atoms with van der Waals surface area (Å²) in [7, 11) is 0. The smallest absolute Gasteiger partial charge is 0.307 e. The van der Waals surface area contributed by atoms with Crippen molar-refractivity contribution in [2.75, 3.05) is 5.75 Å². The first-order valence-corrected chi connectivity index (χ1v) is 8.69. The van der Waals surface area contributed by atoms with E-state index in [1.165, 1.54) is 11.8 Å². The molecule has 1 aromatic carbocycles. The molecule has 0 atom stereocenters. The van der Waals surface area contributed by atoms with E-state index in [0.29, 0.717) is 5.56 Å². The van der Waals surface area contributed by atoms with E-state index in [4.69, 9.17) is 0 Å². The lowest BCUT2D eigenvalue weighted by molar-refractivity contribution is -0.137. The predicted octanol–water partition coefficient (Wildman–Crippen LogP) is 3.26. The highest BCUT2D eigenvalue weighted by molar-refractivity contribution is 7.99. The fourth-order valence-corrected chi connectivity index (χ4v) is 3.34. The van der Waals surface area contributed by atoms with E-state index in [1.54, 1.807) is 18.5 Å². The number of nitrogens with one attached hydrogen (secondary N) is 1. The summed E-state index contributed by atoms with van der Waals surface area (Å²) in [5, 5.41) is -0.187. The summed E-state index contributed by atoms with van der Waals surface area (Å²) < 4.78 is 39.6. The van der Waals surface area contributed by atoms with E-state index < -0.39 is 23.0 Å². The van der Waals surface area contributed by atoms with Crippen molar-refractivity contribution in [3.05, 3.63) is 68.6 Å². The van der Waals surface area contributed by atoms with Crippen molar-refractivity contribution < 1.29 is 13.2 Å². The average molecular weight is 381 g/mol. The van der Waals surface area contributed by atoms with Crippen LogP contribution < -0.4 is 11.2 Å². The predicted molar refractivity (Wildman–Crippen MR) is 93.6 cm³/mol. The number of halogens is 3. The van der Waals surface area contributed by atoms with Gasteiger partial charge in [0, 0.05) is 22.9 Å². The highest BCUT2D eigenvalue weighted by atomic mass is 32.2. The van der Waals surface area contributed by atoms with E-state index in [1.807, 2.05) is 6.92 Å². The minimum atomic E-state index is -4.57. The summed E-state index contributed by atoms with van der Waals surface area (Å²) >= 11 is 1.53. The van der Waals surface area contributed by atoms with Crippen molar-refractivity contribution in [1.82, 2.24) is 14.5 Å².